The van der Waals surface area contributed by atoms with Crippen LogP contribution in [-0.2, 0) is 11.3 Å². The molecule has 2 unspecified atom stereocenters. The average Bonchev–Trinajstić information content (AvgIpc) is 3.49. The predicted octanol–water partition coefficient (Wildman–Crippen LogP) is 2.17. The van der Waals surface area contributed by atoms with Crippen molar-refractivity contribution in [2.75, 3.05) is 13.1 Å². The Balaban J connectivity index is 1.33. The highest BCUT2D eigenvalue weighted by Crippen LogP contribution is 2.49. The molecule has 3 aliphatic rings. The number of benzene rings is 1. The zero-order valence-electron chi connectivity index (χ0n) is 14.2. The third-order valence-electron chi connectivity index (χ3n) is 5.81. The Morgan fingerprint density at radius 3 is 2.46 bits per heavy atom. The molecule has 1 heterocycles. The van der Waals surface area contributed by atoms with Gasteiger partial charge in [-0.05, 0) is 49.5 Å². The molecule has 2 N–H and O–H groups in total. The summed E-state index contributed by atoms with van der Waals surface area (Å²) in [4.78, 5) is 14.9. The van der Waals surface area contributed by atoms with Gasteiger partial charge in [-0.2, -0.15) is 0 Å². The lowest BCUT2D eigenvalue weighted by atomic mass is 9.97. The molecule has 2 saturated carbocycles. The molecule has 4 rings (SSSR count). The molecule has 130 valence electrons. The van der Waals surface area contributed by atoms with E-state index in [9.17, 15) is 9.90 Å². The topological polar surface area (TPSA) is 52.6 Å². The number of rotatable bonds is 7. The SMILES string of the molecule is O=C(NCC1CC(O)CN1Cc1ccccc1)C(C1CC1)C1CC1. The largest absolute Gasteiger partial charge is 0.392 e. The van der Waals surface area contributed by atoms with Crippen molar-refractivity contribution in [1.82, 2.24) is 10.2 Å². The predicted molar refractivity (Wildman–Crippen MR) is 93.2 cm³/mol. The first-order valence-corrected chi connectivity index (χ1v) is 9.44. The van der Waals surface area contributed by atoms with Crippen LogP contribution in [0.5, 0.6) is 0 Å². The third kappa shape index (κ3) is 3.81. The van der Waals surface area contributed by atoms with Gasteiger partial charge < -0.3 is 10.4 Å². The molecular weight excluding hydrogens is 300 g/mol. The van der Waals surface area contributed by atoms with Crippen LogP contribution in [0.4, 0.5) is 0 Å². The van der Waals surface area contributed by atoms with Gasteiger partial charge in [0.25, 0.3) is 0 Å². The number of aliphatic hydroxyl groups is 1. The van der Waals surface area contributed by atoms with Crippen LogP contribution in [-0.4, -0.2) is 41.1 Å². The zero-order valence-corrected chi connectivity index (χ0v) is 14.2. The number of aliphatic hydroxyl groups excluding tert-OH is 1. The van der Waals surface area contributed by atoms with Crippen LogP contribution in [0.1, 0.15) is 37.7 Å². The average molecular weight is 328 g/mol. The smallest absolute Gasteiger partial charge is 0.223 e. The quantitative estimate of drug-likeness (QED) is 0.806. The molecule has 0 bridgehead atoms. The van der Waals surface area contributed by atoms with E-state index in [4.69, 9.17) is 0 Å². The number of amides is 1. The summed E-state index contributed by atoms with van der Waals surface area (Å²) < 4.78 is 0. The summed E-state index contributed by atoms with van der Waals surface area (Å²) >= 11 is 0. The molecule has 24 heavy (non-hydrogen) atoms. The Hall–Kier alpha value is -1.39. The van der Waals surface area contributed by atoms with Crippen molar-refractivity contribution in [3.05, 3.63) is 35.9 Å². The molecule has 2 atom stereocenters. The fraction of sp³-hybridized carbons (Fsp3) is 0.650. The third-order valence-corrected chi connectivity index (χ3v) is 5.81. The van der Waals surface area contributed by atoms with E-state index in [2.05, 4.69) is 34.5 Å². The van der Waals surface area contributed by atoms with Gasteiger partial charge in [-0.25, -0.2) is 0 Å². The van der Waals surface area contributed by atoms with Crippen LogP contribution >= 0.6 is 0 Å². The van der Waals surface area contributed by atoms with E-state index in [0.29, 0.717) is 24.9 Å². The van der Waals surface area contributed by atoms with E-state index in [0.717, 1.165) is 13.0 Å². The minimum Gasteiger partial charge on any atom is -0.392 e. The highest BCUT2D eigenvalue weighted by Gasteiger charge is 2.45. The normalized spacial score (nSPS) is 27.6. The van der Waals surface area contributed by atoms with Crippen molar-refractivity contribution in [2.24, 2.45) is 17.8 Å². The number of nitrogens with one attached hydrogen (secondary N) is 1. The minimum atomic E-state index is -0.279. The molecule has 4 nitrogen and oxygen atoms in total. The Morgan fingerprint density at radius 2 is 1.83 bits per heavy atom. The Bertz CT molecular complexity index is 556. The van der Waals surface area contributed by atoms with E-state index in [1.54, 1.807) is 0 Å². The Morgan fingerprint density at radius 1 is 1.17 bits per heavy atom. The van der Waals surface area contributed by atoms with Crippen LogP contribution in [0.15, 0.2) is 30.3 Å². The molecule has 1 aliphatic heterocycles. The highest BCUT2D eigenvalue weighted by atomic mass is 16.3. The van der Waals surface area contributed by atoms with E-state index < -0.39 is 0 Å². The number of likely N-dealkylation sites (tertiary alicyclic amines) is 1. The van der Waals surface area contributed by atoms with Crippen molar-refractivity contribution in [3.8, 4) is 0 Å². The van der Waals surface area contributed by atoms with E-state index in [1.165, 1.54) is 31.2 Å². The van der Waals surface area contributed by atoms with E-state index >= 15 is 0 Å². The molecule has 1 aromatic rings. The monoisotopic (exact) mass is 328 g/mol. The fourth-order valence-corrected chi connectivity index (χ4v) is 4.24. The number of nitrogens with zero attached hydrogens (tertiary/aromatic N) is 1. The molecule has 0 spiro atoms. The Labute approximate surface area is 144 Å². The first-order valence-electron chi connectivity index (χ1n) is 9.44. The van der Waals surface area contributed by atoms with Crippen LogP contribution in [0.25, 0.3) is 0 Å². The Kier molecular flexibility index (Phi) is 4.59. The summed E-state index contributed by atoms with van der Waals surface area (Å²) in [7, 11) is 0. The van der Waals surface area contributed by atoms with Gasteiger partial charge in [0.15, 0.2) is 0 Å². The van der Waals surface area contributed by atoms with Gasteiger partial charge in [0.2, 0.25) is 5.91 Å². The molecule has 3 fully saturated rings. The molecule has 1 saturated heterocycles. The second-order valence-electron chi connectivity index (χ2n) is 7.90. The maximum atomic E-state index is 12.6. The first-order chi connectivity index (χ1) is 11.7. The van der Waals surface area contributed by atoms with Gasteiger partial charge in [0, 0.05) is 31.6 Å². The van der Waals surface area contributed by atoms with Crippen molar-refractivity contribution >= 4 is 5.91 Å². The van der Waals surface area contributed by atoms with E-state index in [1.807, 2.05) is 6.07 Å². The summed E-state index contributed by atoms with van der Waals surface area (Å²) in [5.41, 5.74) is 1.26. The van der Waals surface area contributed by atoms with Crippen molar-refractivity contribution in [1.29, 1.82) is 0 Å². The van der Waals surface area contributed by atoms with Gasteiger partial charge in [-0.1, -0.05) is 30.3 Å². The van der Waals surface area contributed by atoms with Crippen LogP contribution in [0, 0.1) is 17.8 Å². The molecule has 4 heteroatoms. The van der Waals surface area contributed by atoms with Gasteiger partial charge in [0.05, 0.1) is 6.10 Å². The van der Waals surface area contributed by atoms with Crippen LogP contribution in [0.3, 0.4) is 0 Å². The zero-order chi connectivity index (χ0) is 16.5. The van der Waals surface area contributed by atoms with Crippen molar-refractivity contribution < 1.29 is 9.90 Å². The lowest BCUT2D eigenvalue weighted by Gasteiger charge is -2.25. The molecule has 0 radical (unpaired) electrons. The fourth-order valence-electron chi connectivity index (χ4n) is 4.24. The molecule has 0 aromatic heterocycles. The van der Waals surface area contributed by atoms with Crippen LogP contribution < -0.4 is 5.32 Å². The first kappa shape index (κ1) is 16.1. The maximum absolute atomic E-state index is 12.6. The molecule has 2 aliphatic carbocycles. The van der Waals surface area contributed by atoms with E-state index in [-0.39, 0.29) is 24.0 Å². The molecule has 1 amide bonds. The van der Waals surface area contributed by atoms with Crippen molar-refractivity contribution in [3.63, 3.8) is 0 Å². The lowest BCUT2D eigenvalue weighted by Crippen LogP contribution is -2.42. The molecule has 1 aromatic carbocycles. The number of carbonyl (C=O) groups excluding carboxylic acids is 1. The van der Waals surface area contributed by atoms with Crippen molar-refractivity contribution in [2.45, 2.75) is 50.8 Å². The second-order valence-corrected chi connectivity index (χ2v) is 7.90. The second kappa shape index (κ2) is 6.85. The minimum absolute atomic E-state index is 0.239. The summed E-state index contributed by atoms with van der Waals surface area (Å²) in [6, 6.07) is 10.6. The number of hydrogen-bond donors (Lipinski definition) is 2. The van der Waals surface area contributed by atoms with Gasteiger partial charge in [0.1, 0.15) is 0 Å². The summed E-state index contributed by atoms with van der Waals surface area (Å²) in [6.45, 7) is 2.20. The standard InChI is InChI=1S/C20H28N2O2/c23-18-10-17(22(13-18)12-14-4-2-1-3-5-14)11-21-20(24)19(15-6-7-15)16-8-9-16/h1-5,15-19,23H,6-13H2,(H,21,24). The summed E-state index contributed by atoms with van der Waals surface area (Å²) in [6.07, 6.45) is 5.41. The maximum Gasteiger partial charge on any atom is 0.223 e. The van der Waals surface area contributed by atoms with Gasteiger partial charge in [-0.15, -0.1) is 0 Å². The summed E-state index contributed by atoms with van der Waals surface area (Å²) in [5.74, 6) is 1.82. The number of hydrogen-bond acceptors (Lipinski definition) is 3. The van der Waals surface area contributed by atoms with Crippen LogP contribution in [0.2, 0.25) is 0 Å². The number of β-amino-alcohol motifs (C(OH)–C–C–N with tert-alkyl or cyclic N) is 1. The molecular formula is C20H28N2O2. The summed E-state index contributed by atoms with van der Waals surface area (Å²) in [5, 5.41) is 13.3. The highest BCUT2D eigenvalue weighted by molar-refractivity contribution is 5.80. The van der Waals surface area contributed by atoms with Gasteiger partial charge >= 0.3 is 0 Å². The lowest BCUT2D eigenvalue weighted by molar-refractivity contribution is -0.126. The van der Waals surface area contributed by atoms with Gasteiger partial charge in [-0.3, -0.25) is 9.69 Å². The number of carbonyl (C=O) groups is 1.